The summed E-state index contributed by atoms with van der Waals surface area (Å²) >= 11 is 6.16. The Balaban J connectivity index is 1.96. The van der Waals surface area contributed by atoms with E-state index in [0.29, 0.717) is 6.42 Å². The Hall–Kier alpha value is -1.22. The van der Waals surface area contributed by atoms with Crippen LogP contribution in [0, 0.1) is 6.92 Å². The first-order chi connectivity index (χ1) is 9.11. The standard InChI is InChI=1S/C15H21ClN2O/c1-3-4-15(19)18-9-7-17(8-10-18)13-6-5-12(2)14(16)11-13/h5-6,11H,3-4,7-10H2,1-2H3. The van der Waals surface area contributed by atoms with Crippen molar-refractivity contribution in [2.24, 2.45) is 0 Å². The SMILES string of the molecule is CCCC(=O)N1CCN(c2ccc(C)c(Cl)c2)CC1. The lowest BCUT2D eigenvalue weighted by Crippen LogP contribution is -2.48. The van der Waals surface area contributed by atoms with Gasteiger partial charge in [-0.05, 0) is 31.0 Å². The average molecular weight is 281 g/mol. The van der Waals surface area contributed by atoms with Crippen LogP contribution in [0.2, 0.25) is 5.02 Å². The number of halogens is 1. The Morgan fingerprint density at radius 2 is 1.95 bits per heavy atom. The fraction of sp³-hybridized carbons (Fsp3) is 0.533. The molecule has 19 heavy (non-hydrogen) atoms. The predicted octanol–water partition coefficient (Wildman–Crippen LogP) is 3.10. The molecule has 1 aromatic carbocycles. The van der Waals surface area contributed by atoms with E-state index < -0.39 is 0 Å². The van der Waals surface area contributed by atoms with Crippen LogP contribution >= 0.6 is 11.6 Å². The predicted molar refractivity (Wildman–Crippen MR) is 79.9 cm³/mol. The first-order valence-electron chi connectivity index (χ1n) is 6.90. The third-order valence-corrected chi connectivity index (χ3v) is 4.02. The average Bonchev–Trinajstić information content (AvgIpc) is 2.42. The molecule has 0 radical (unpaired) electrons. The van der Waals surface area contributed by atoms with Crippen molar-refractivity contribution in [1.82, 2.24) is 4.90 Å². The maximum atomic E-state index is 11.8. The zero-order chi connectivity index (χ0) is 13.8. The lowest BCUT2D eigenvalue weighted by Gasteiger charge is -2.36. The molecule has 0 aromatic heterocycles. The van der Waals surface area contributed by atoms with E-state index in [1.807, 2.05) is 30.9 Å². The van der Waals surface area contributed by atoms with Gasteiger partial charge in [0.25, 0.3) is 0 Å². The number of rotatable bonds is 3. The van der Waals surface area contributed by atoms with E-state index in [1.165, 1.54) is 0 Å². The van der Waals surface area contributed by atoms with Crippen LogP contribution in [0.1, 0.15) is 25.3 Å². The zero-order valence-electron chi connectivity index (χ0n) is 11.7. The molecule has 2 rings (SSSR count). The van der Waals surface area contributed by atoms with Crippen molar-refractivity contribution >= 4 is 23.2 Å². The molecule has 1 aliphatic heterocycles. The number of hydrogen-bond acceptors (Lipinski definition) is 2. The molecule has 1 amide bonds. The normalized spacial score (nSPS) is 15.7. The minimum absolute atomic E-state index is 0.282. The molecule has 0 unspecified atom stereocenters. The second-order valence-electron chi connectivity index (χ2n) is 5.05. The van der Waals surface area contributed by atoms with E-state index in [9.17, 15) is 4.79 Å². The summed E-state index contributed by atoms with van der Waals surface area (Å²) in [4.78, 5) is 16.1. The van der Waals surface area contributed by atoms with E-state index in [4.69, 9.17) is 11.6 Å². The molecule has 104 valence electrons. The smallest absolute Gasteiger partial charge is 0.222 e. The number of carbonyl (C=O) groups excluding carboxylic acids is 1. The van der Waals surface area contributed by atoms with Gasteiger partial charge in [0.2, 0.25) is 5.91 Å². The van der Waals surface area contributed by atoms with Crippen molar-refractivity contribution in [2.75, 3.05) is 31.1 Å². The fourth-order valence-electron chi connectivity index (χ4n) is 2.36. The Bertz CT molecular complexity index is 453. The number of amides is 1. The summed E-state index contributed by atoms with van der Waals surface area (Å²) in [5.74, 6) is 0.282. The molecule has 1 aliphatic rings. The van der Waals surface area contributed by atoms with E-state index in [0.717, 1.165) is 48.9 Å². The molecule has 1 heterocycles. The van der Waals surface area contributed by atoms with Gasteiger partial charge in [0, 0.05) is 43.3 Å². The molecule has 0 saturated carbocycles. The number of anilines is 1. The van der Waals surface area contributed by atoms with Crippen LogP contribution in [-0.2, 0) is 4.79 Å². The van der Waals surface area contributed by atoms with Crippen LogP contribution in [-0.4, -0.2) is 37.0 Å². The van der Waals surface area contributed by atoms with Gasteiger partial charge in [-0.3, -0.25) is 4.79 Å². The Kier molecular flexibility index (Phi) is 4.70. The fourth-order valence-corrected chi connectivity index (χ4v) is 2.54. The molecular formula is C15H21ClN2O. The third-order valence-electron chi connectivity index (χ3n) is 3.62. The second-order valence-corrected chi connectivity index (χ2v) is 5.46. The maximum Gasteiger partial charge on any atom is 0.222 e. The number of benzene rings is 1. The summed E-state index contributed by atoms with van der Waals surface area (Å²) in [7, 11) is 0. The van der Waals surface area contributed by atoms with Crippen LogP contribution in [0.4, 0.5) is 5.69 Å². The van der Waals surface area contributed by atoms with Gasteiger partial charge < -0.3 is 9.80 Å². The molecule has 0 N–H and O–H groups in total. The summed E-state index contributed by atoms with van der Waals surface area (Å²) < 4.78 is 0. The first kappa shape index (κ1) is 14.2. The lowest BCUT2D eigenvalue weighted by atomic mass is 10.2. The van der Waals surface area contributed by atoms with Crippen LogP contribution in [0.5, 0.6) is 0 Å². The van der Waals surface area contributed by atoms with Crippen molar-refractivity contribution in [3.63, 3.8) is 0 Å². The van der Waals surface area contributed by atoms with Crippen molar-refractivity contribution < 1.29 is 4.79 Å². The minimum atomic E-state index is 0.282. The van der Waals surface area contributed by atoms with Gasteiger partial charge in [-0.1, -0.05) is 24.6 Å². The van der Waals surface area contributed by atoms with Gasteiger partial charge in [-0.15, -0.1) is 0 Å². The molecule has 1 fully saturated rings. The molecule has 0 spiro atoms. The Morgan fingerprint density at radius 3 is 2.53 bits per heavy atom. The van der Waals surface area contributed by atoms with Gasteiger partial charge in [0.05, 0.1) is 0 Å². The Labute approximate surface area is 120 Å². The van der Waals surface area contributed by atoms with Crippen LogP contribution in [0.3, 0.4) is 0 Å². The minimum Gasteiger partial charge on any atom is -0.368 e. The molecule has 3 nitrogen and oxygen atoms in total. The van der Waals surface area contributed by atoms with Crippen LogP contribution in [0.25, 0.3) is 0 Å². The van der Waals surface area contributed by atoms with Gasteiger partial charge in [0.1, 0.15) is 0 Å². The van der Waals surface area contributed by atoms with Gasteiger partial charge in [-0.25, -0.2) is 0 Å². The summed E-state index contributed by atoms with van der Waals surface area (Å²) in [6.07, 6.45) is 1.59. The summed E-state index contributed by atoms with van der Waals surface area (Å²) in [6, 6.07) is 6.16. The number of carbonyl (C=O) groups is 1. The highest BCUT2D eigenvalue weighted by atomic mass is 35.5. The molecule has 1 saturated heterocycles. The number of nitrogens with zero attached hydrogens (tertiary/aromatic N) is 2. The van der Waals surface area contributed by atoms with E-state index in [-0.39, 0.29) is 5.91 Å². The maximum absolute atomic E-state index is 11.8. The lowest BCUT2D eigenvalue weighted by molar-refractivity contribution is -0.131. The highest BCUT2D eigenvalue weighted by Crippen LogP contribution is 2.24. The van der Waals surface area contributed by atoms with Crippen molar-refractivity contribution in [1.29, 1.82) is 0 Å². The number of aryl methyl sites for hydroxylation is 1. The largest absolute Gasteiger partial charge is 0.368 e. The summed E-state index contributed by atoms with van der Waals surface area (Å²) in [6.45, 7) is 7.44. The van der Waals surface area contributed by atoms with Gasteiger partial charge >= 0.3 is 0 Å². The molecule has 4 heteroatoms. The molecule has 0 atom stereocenters. The first-order valence-corrected chi connectivity index (χ1v) is 7.28. The third kappa shape index (κ3) is 3.41. The summed E-state index contributed by atoms with van der Waals surface area (Å²) in [5.41, 5.74) is 2.25. The zero-order valence-corrected chi connectivity index (χ0v) is 12.4. The van der Waals surface area contributed by atoms with Gasteiger partial charge in [-0.2, -0.15) is 0 Å². The summed E-state index contributed by atoms with van der Waals surface area (Å²) in [5, 5.41) is 0.807. The Morgan fingerprint density at radius 1 is 1.26 bits per heavy atom. The topological polar surface area (TPSA) is 23.6 Å². The highest BCUT2D eigenvalue weighted by Gasteiger charge is 2.20. The quantitative estimate of drug-likeness (QED) is 0.849. The second kappa shape index (κ2) is 6.29. The van der Waals surface area contributed by atoms with E-state index in [1.54, 1.807) is 0 Å². The number of piperazine rings is 1. The monoisotopic (exact) mass is 280 g/mol. The van der Waals surface area contributed by atoms with Gasteiger partial charge in [0.15, 0.2) is 0 Å². The van der Waals surface area contributed by atoms with E-state index >= 15 is 0 Å². The van der Waals surface area contributed by atoms with Crippen LogP contribution in [0.15, 0.2) is 18.2 Å². The van der Waals surface area contributed by atoms with Crippen molar-refractivity contribution in [3.8, 4) is 0 Å². The molecule has 0 bridgehead atoms. The highest BCUT2D eigenvalue weighted by molar-refractivity contribution is 6.31. The number of hydrogen-bond donors (Lipinski definition) is 0. The van der Waals surface area contributed by atoms with Crippen LogP contribution < -0.4 is 4.90 Å². The molecule has 1 aromatic rings. The van der Waals surface area contributed by atoms with Crippen molar-refractivity contribution in [3.05, 3.63) is 28.8 Å². The van der Waals surface area contributed by atoms with Crippen molar-refractivity contribution in [2.45, 2.75) is 26.7 Å². The van der Waals surface area contributed by atoms with E-state index in [2.05, 4.69) is 11.0 Å². The molecular weight excluding hydrogens is 260 g/mol. The molecule has 0 aliphatic carbocycles.